The topological polar surface area (TPSA) is 66.9 Å². The molecule has 5 nitrogen and oxygen atoms in total. The summed E-state index contributed by atoms with van der Waals surface area (Å²) in [5, 5.41) is 5.87. The summed E-state index contributed by atoms with van der Waals surface area (Å²) in [5.41, 5.74) is 2.21. The van der Waals surface area contributed by atoms with Gasteiger partial charge in [-0.1, -0.05) is 23.8 Å². The molecule has 0 fully saturated rings. The molecule has 2 rings (SSSR count). The van der Waals surface area contributed by atoms with Crippen molar-refractivity contribution in [2.45, 2.75) is 13.8 Å². The summed E-state index contributed by atoms with van der Waals surface area (Å²) in [6, 6.07) is 9.23. The van der Waals surface area contributed by atoms with Crippen LogP contribution in [0.4, 0.5) is 11.5 Å². The second-order valence-electron chi connectivity index (χ2n) is 4.68. The minimum absolute atomic E-state index is 0.258. The Balaban J connectivity index is 2.16. The second-order valence-corrected chi connectivity index (χ2v) is 4.68. The molecule has 2 aromatic rings. The monoisotopic (exact) mass is 282 g/mol. The standard InChI is InChI=1S/C16H18N4O/c1-4-9-17-15-10-14(18-12(3)19-15)16(21)20-13-7-5-11(2)6-8-13/h4-8,10H,1,9H2,2-3H3,(H,20,21)(H,17,18,19). The van der Waals surface area contributed by atoms with Gasteiger partial charge in [0.25, 0.3) is 5.91 Å². The van der Waals surface area contributed by atoms with Gasteiger partial charge in [-0.05, 0) is 26.0 Å². The number of aryl methyl sites for hydroxylation is 2. The van der Waals surface area contributed by atoms with E-state index in [1.54, 1.807) is 19.1 Å². The van der Waals surface area contributed by atoms with Crippen LogP contribution in [-0.4, -0.2) is 22.4 Å². The lowest BCUT2D eigenvalue weighted by molar-refractivity contribution is 0.102. The summed E-state index contributed by atoms with van der Waals surface area (Å²) in [7, 11) is 0. The van der Waals surface area contributed by atoms with Crippen molar-refractivity contribution in [2.24, 2.45) is 0 Å². The maximum Gasteiger partial charge on any atom is 0.274 e. The summed E-state index contributed by atoms with van der Waals surface area (Å²) in [6.45, 7) is 7.96. The summed E-state index contributed by atoms with van der Waals surface area (Å²) in [4.78, 5) is 20.6. The van der Waals surface area contributed by atoms with Crippen molar-refractivity contribution < 1.29 is 4.79 Å². The van der Waals surface area contributed by atoms with Crippen molar-refractivity contribution in [1.82, 2.24) is 9.97 Å². The fourth-order valence-electron chi connectivity index (χ4n) is 1.78. The normalized spacial score (nSPS) is 10.0. The number of benzene rings is 1. The van der Waals surface area contributed by atoms with Crippen molar-refractivity contribution >= 4 is 17.4 Å². The molecule has 1 aromatic heterocycles. The first-order valence-corrected chi connectivity index (χ1v) is 6.67. The lowest BCUT2D eigenvalue weighted by Gasteiger charge is -2.08. The van der Waals surface area contributed by atoms with E-state index in [2.05, 4.69) is 27.2 Å². The molecule has 0 aliphatic rings. The van der Waals surface area contributed by atoms with E-state index < -0.39 is 0 Å². The molecule has 0 aliphatic heterocycles. The predicted octanol–water partition coefficient (Wildman–Crippen LogP) is 2.94. The van der Waals surface area contributed by atoms with Gasteiger partial charge in [0.05, 0.1) is 0 Å². The Hall–Kier alpha value is -2.69. The fraction of sp³-hybridized carbons (Fsp3) is 0.188. The number of carbonyl (C=O) groups excluding carboxylic acids is 1. The molecular formula is C16H18N4O. The third kappa shape index (κ3) is 4.14. The van der Waals surface area contributed by atoms with E-state index in [0.29, 0.717) is 23.9 Å². The van der Waals surface area contributed by atoms with Gasteiger partial charge in [-0.15, -0.1) is 6.58 Å². The van der Waals surface area contributed by atoms with Crippen molar-refractivity contribution in [3.05, 3.63) is 60.1 Å². The molecule has 0 radical (unpaired) electrons. The van der Waals surface area contributed by atoms with E-state index >= 15 is 0 Å². The van der Waals surface area contributed by atoms with Crippen LogP contribution in [0.2, 0.25) is 0 Å². The Morgan fingerprint density at radius 2 is 1.95 bits per heavy atom. The fourth-order valence-corrected chi connectivity index (χ4v) is 1.78. The highest BCUT2D eigenvalue weighted by Gasteiger charge is 2.10. The third-order valence-electron chi connectivity index (χ3n) is 2.81. The quantitative estimate of drug-likeness (QED) is 0.827. The number of hydrogen-bond acceptors (Lipinski definition) is 4. The molecule has 1 amide bonds. The molecule has 1 aromatic carbocycles. The largest absolute Gasteiger partial charge is 0.366 e. The molecule has 108 valence electrons. The Bertz CT molecular complexity index is 650. The highest BCUT2D eigenvalue weighted by atomic mass is 16.1. The molecule has 0 unspecified atom stereocenters. The van der Waals surface area contributed by atoms with Gasteiger partial charge in [0, 0.05) is 18.3 Å². The number of aromatic nitrogens is 2. The van der Waals surface area contributed by atoms with Gasteiger partial charge in [0.1, 0.15) is 17.3 Å². The Morgan fingerprint density at radius 1 is 1.24 bits per heavy atom. The van der Waals surface area contributed by atoms with Crippen LogP contribution in [-0.2, 0) is 0 Å². The SMILES string of the molecule is C=CCNc1cc(C(=O)Nc2ccc(C)cc2)nc(C)n1. The number of hydrogen-bond donors (Lipinski definition) is 2. The zero-order valence-corrected chi connectivity index (χ0v) is 12.2. The van der Waals surface area contributed by atoms with Crippen molar-refractivity contribution in [3.8, 4) is 0 Å². The highest BCUT2D eigenvalue weighted by Crippen LogP contribution is 2.12. The Morgan fingerprint density at radius 3 is 2.62 bits per heavy atom. The molecule has 5 heteroatoms. The van der Waals surface area contributed by atoms with E-state index in [-0.39, 0.29) is 5.91 Å². The Kier molecular flexibility index (Phi) is 4.66. The number of nitrogens with one attached hydrogen (secondary N) is 2. The van der Waals surface area contributed by atoms with E-state index in [1.165, 1.54) is 0 Å². The number of rotatable bonds is 5. The number of carbonyl (C=O) groups is 1. The maximum atomic E-state index is 12.2. The summed E-state index contributed by atoms with van der Waals surface area (Å²) < 4.78 is 0. The van der Waals surface area contributed by atoms with E-state index in [0.717, 1.165) is 11.3 Å². The van der Waals surface area contributed by atoms with Crippen LogP contribution in [0.25, 0.3) is 0 Å². The lowest BCUT2D eigenvalue weighted by Crippen LogP contribution is -2.15. The molecular weight excluding hydrogens is 264 g/mol. The van der Waals surface area contributed by atoms with Crippen LogP contribution in [0.15, 0.2) is 43.0 Å². The van der Waals surface area contributed by atoms with Gasteiger partial charge in [-0.3, -0.25) is 4.79 Å². The Labute approximate surface area is 124 Å². The van der Waals surface area contributed by atoms with Gasteiger partial charge < -0.3 is 10.6 Å². The highest BCUT2D eigenvalue weighted by molar-refractivity contribution is 6.03. The minimum Gasteiger partial charge on any atom is -0.366 e. The van der Waals surface area contributed by atoms with Gasteiger partial charge in [0.2, 0.25) is 0 Å². The second kappa shape index (κ2) is 6.65. The molecule has 0 spiro atoms. The van der Waals surface area contributed by atoms with Crippen molar-refractivity contribution in [1.29, 1.82) is 0 Å². The van der Waals surface area contributed by atoms with Crippen LogP contribution >= 0.6 is 0 Å². The lowest BCUT2D eigenvalue weighted by atomic mass is 10.2. The predicted molar refractivity (Wildman–Crippen MR) is 84.6 cm³/mol. The zero-order valence-electron chi connectivity index (χ0n) is 12.2. The first-order chi connectivity index (χ1) is 10.1. The van der Waals surface area contributed by atoms with Gasteiger partial charge in [0.15, 0.2) is 0 Å². The van der Waals surface area contributed by atoms with Crippen LogP contribution < -0.4 is 10.6 Å². The van der Waals surface area contributed by atoms with Crippen LogP contribution in [0.5, 0.6) is 0 Å². The molecule has 1 heterocycles. The van der Waals surface area contributed by atoms with E-state index in [1.807, 2.05) is 31.2 Å². The van der Waals surface area contributed by atoms with Gasteiger partial charge in [-0.25, -0.2) is 9.97 Å². The van der Waals surface area contributed by atoms with Gasteiger partial charge in [-0.2, -0.15) is 0 Å². The number of nitrogens with zero attached hydrogens (tertiary/aromatic N) is 2. The van der Waals surface area contributed by atoms with Gasteiger partial charge >= 0.3 is 0 Å². The first kappa shape index (κ1) is 14.7. The molecule has 0 saturated carbocycles. The van der Waals surface area contributed by atoms with Crippen molar-refractivity contribution in [2.75, 3.05) is 17.2 Å². The molecule has 21 heavy (non-hydrogen) atoms. The molecule has 0 atom stereocenters. The smallest absolute Gasteiger partial charge is 0.274 e. The van der Waals surface area contributed by atoms with Crippen LogP contribution in [0, 0.1) is 13.8 Å². The minimum atomic E-state index is -0.258. The third-order valence-corrected chi connectivity index (χ3v) is 2.81. The molecule has 2 N–H and O–H groups in total. The van der Waals surface area contributed by atoms with E-state index in [9.17, 15) is 4.79 Å². The van der Waals surface area contributed by atoms with Crippen LogP contribution in [0.3, 0.4) is 0 Å². The maximum absolute atomic E-state index is 12.2. The van der Waals surface area contributed by atoms with Crippen LogP contribution in [0.1, 0.15) is 21.9 Å². The number of anilines is 2. The molecule has 0 saturated heterocycles. The van der Waals surface area contributed by atoms with Crippen molar-refractivity contribution in [3.63, 3.8) is 0 Å². The molecule has 0 bridgehead atoms. The summed E-state index contributed by atoms with van der Waals surface area (Å²) in [5.74, 6) is 0.889. The molecule has 0 aliphatic carbocycles. The number of amides is 1. The summed E-state index contributed by atoms with van der Waals surface area (Å²) in [6.07, 6.45) is 1.73. The summed E-state index contributed by atoms with van der Waals surface area (Å²) >= 11 is 0. The zero-order chi connectivity index (χ0) is 15.2. The average molecular weight is 282 g/mol. The first-order valence-electron chi connectivity index (χ1n) is 6.67. The average Bonchev–Trinajstić information content (AvgIpc) is 2.47. The van der Waals surface area contributed by atoms with E-state index in [4.69, 9.17) is 0 Å².